The Balaban J connectivity index is 3.19. The molecule has 0 aliphatic carbocycles. The summed E-state index contributed by atoms with van der Waals surface area (Å²) < 4.78 is 36.7. The zero-order valence-corrected chi connectivity index (χ0v) is 7.36. The summed E-state index contributed by atoms with van der Waals surface area (Å²) in [5.41, 5.74) is 3.73. The number of nitrogens with two attached hydrogens (primary N) is 1. The van der Waals surface area contributed by atoms with Crippen LogP contribution in [-0.4, -0.2) is 11.1 Å². The Hall–Kier alpha value is -1.63. The van der Waals surface area contributed by atoms with E-state index in [1.54, 1.807) is 0 Å². The summed E-state index contributed by atoms with van der Waals surface area (Å²) in [5, 5.41) is 10.4. The number of nitro groups is 1. The molecule has 0 saturated heterocycles. The molecule has 0 fully saturated rings. The fourth-order valence-electron chi connectivity index (χ4n) is 1.09. The summed E-state index contributed by atoms with van der Waals surface area (Å²) in [7, 11) is 0. The lowest BCUT2D eigenvalue weighted by atomic mass is 10.1. The van der Waals surface area contributed by atoms with Crippen molar-refractivity contribution in [2.75, 3.05) is 0 Å². The smallest absolute Gasteiger partial charge is 0.316 e. The largest absolute Gasteiger partial charge is 0.407 e. The SMILES string of the molecule is N[C@H](c1ccccc1[N+](=O)[O-])C(F)(F)F. The molecule has 15 heavy (non-hydrogen) atoms. The van der Waals surface area contributed by atoms with Gasteiger partial charge >= 0.3 is 6.18 Å². The molecule has 4 nitrogen and oxygen atoms in total. The highest BCUT2D eigenvalue weighted by Gasteiger charge is 2.40. The van der Waals surface area contributed by atoms with E-state index in [0.29, 0.717) is 0 Å². The van der Waals surface area contributed by atoms with Crippen molar-refractivity contribution in [2.24, 2.45) is 5.73 Å². The number of alkyl halides is 3. The predicted octanol–water partition coefficient (Wildman–Crippen LogP) is 2.16. The Morgan fingerprint density at radius 2 is 1.87 bits per heavy atom. The van der Waals surface area contributed by atoms with Gasteiger partial charge in [0.05, 0.1) is 10.5 Å². The van der Waals surface area contributed by atoms with E-state index in [1.807, 2.05) is 0 Å². The van der Waals surface area contributed by atoms with Crippen LogP contribution in [0.25, 0.3) is 0 Å². The van der Waals surface area contributed by atoms with Crippen LogP contribution in [-0.2, 0) is 0 Å². The van der Waals surface area contributed by atoms with E-state index in [4.69, 9.17) is 5.73 Å². The molecule has 1 aromatic carbocycles. The van der Waals surface area contributed by atoms with E-state index < -0.39 is 28.4 Å². The first-order chi connectivity index (χ1) is 6.84. The van der Waals surface area contributed by atoms with E-state index in [9.17, 15) is 23.3 Å². The number of para-hydroxylation sites is 1. The van der Waals surface area contributed by atoms with Crippen LogP contribution in [0.15, 0.2) is 24.3 Å². The third-order valence-corrected chi connectivity index (χ3v) is 1.82. The molecular weight excluding hydrogens is 213 g/mol. The average Bonchev–Trinajstić information content (AvgIpc) is 2.15. The van der Waals surface area contributed by atoms with Gasteiger partial charge in [0.1, 0.15) is 6.04 Å². The van der Waals surface area contributed by atoms with Crippen LogP contribution in [0.4, 0.5) is 18.9 Å². The minimum atomic E-state index is -4.69. The van der Waals surface area contributed by atoms with Gasteiger partial charge in [-0.1, -0.05) is 18.2 Å². The Labute approximate surface area is 82.7 Å². The Morgan fingerprint density at radius 1 is 1.33 bits per heavy atom. The van der Waals surface area contributed by atoms with Gasteiger partial charge < -0.3 is 5.73 Å². The highest BCUT2D eigenvalue weighted by Crippen LogP contribution is 2.34. The Kier molecular flexibility index (Phi) is 2.94. The van der Waals surface area contributed by atoms with E-state index in [0.717, 1.165) is 12.1 Å². The van der Waals surface area contributed by atoms with Gasteiger partial charge in [-0.3, -0.25) is 10.1 Å². The van der Waals surface area contributed by atoms with Crippen LogP contribution in [0.1, 0.15) is 11.6 Å². The summed E-state index contributed by atoms with van der Waals surface area (Å²) in [4.78, 5) is 9.55. The molecule has 1 rings (SSSR count). The van der Waals surface area contributed by atoms with Crippen LogP contribution in [0.2, 0.25) is 0 Å². The van der Waals surface area contributed by atoms with Crippen LogP contribution in [0.5, 0.6) is 0 Å². The second kappa shape index (κ2) is 3.85. The molecule has 1 aromatic rings. The minimum absolute atomic E-state index is 0.532. The lowest BCUT2D eigenvalue weighted by Gasteiger charge is -2.15. The van der Waals surface area contributed by atoms with Crippen LogP contribution < -0.4 is 5.73 Å². The van der Waals surface area contributed by atoms with Gasteiger partial charge in [-0.2, -0.15) is 13.2 Å². The zero-order chi connectivity index (χ0) is 11.6. The van der Waals surface area contributed by atoms with Crippen molar-refractivity contribution in [2.45, 2.75) is 12.2 Å². The number of halogens is 3. The monoisotopic (exact) mass is 220 g/mol. The van der Waals surface area contributed by atoms with Crippen molar-refractivity contribution < 1.29 is 18.1 Å². The molecule has 82 valence electrons. The van der Waals surface area contributed by atoms with Gasteiger partial charge in [-0.25, -0.2) is 0 Å². The number of hydrogen-bond donors (Lipinski definition) is 1. The van der Waals surface area contributed by atoms with Crippen LogP contribution in [0.3, 0.4) is 0 Å². The highest BCUT2D eigenvalue weighted by atomic mass is 19.4. The van der Waals surface area contributed by atoms with Crippen LogP contribution in [0, 0.1) is 10.1 Å². The summed E-state index contributed by atoms with van der Waals surface area (Å²) in [6.07, 6.45) is -4.69. The van der Waals surface area contributed by atoms with Gasteiger partial charge in [0.15, 0.2) is 0 Å². The molecule has 0 amide bonds. The molecular formula is C8H7F3N2O2. The molecule has 0 aromatic heterocycles. The molecule has 2 N–H and O–H groups in total. The van der Waals surface area contributed by atoms with E-state index in [2.05, 4.69) is 0 Å². The van der Waals surface area contributed by atoms with E-state index in [-0.39, 0.29) is 0 Å². The van der Waals surface area contributed by atoms with E-state index >= 15 is 0 Å². The number of nitro benzene ring substituents is 1. The molecule has 0 unspecified atom stereocenters. The molecule has 0 spiro atoms. The number of nitrogens with zero attached hydrogens (tertiary/aromatic N) is 1. The summed E-state index contributed by atoms with van der Waals surface area (Å²) in [6.45, 7) is 0. The molecule has 0 saturated carbocycles. The summed E-state index contributed by atoms with van der Waals surface area (Å²) in [5.74, 6) is 0. The maximum absolute atomic E-state index is 12.2. The number of benzene rings is 1. The second-order valence-electron chi connectivity index (χ2n) is 2.84. The fraction of sp³-hybridized carbons (Fsp3) is 0.250. The fourth-order valence-corrected chi connectivity index (χ4v) is 1.09. The van der Waals surface area contributed by atoms with Gasteiger partial charge in [0.25, 0.3) is 5.69 Å². The van der Waals surface area contributed by atoms with Crippen molar-refractivity contribution in [1.82, 2.24) is 0 Å². The van der Waals surface area contributed by atoms with Gasteiger partial charge in [-0.05, 0) is 0 Å². The quantitative estimate of drug-likeness (QED) is 0.613. The van der Waals surface area contributed by atoms with E-state index in [1.165, 1.54) is 12.1 Å². The van der Waals surface area contributed by atoms with Gasteiger partial charge in [0, 0.05) is 6.07 Å². The number of hydrogen-bond acceptors (Lipinski definition) is 3. The molecule has 1 atom stereocenters. The van der Waals surface area contributed by atoms with Crippen molar-refractivity contribution in [3.8, 4) is 0 Å². The first-order valence-electron chi connectivity index (χ1n) is 3.89. The predicted molar refractivity (Wildman–Crippen MR) is 46.1 cm³/mol. The first kappa shape index (κ1) is 11.4. The van der Waals surface area contributed by atoms with Crippen molar-refractivity contribution in [1.29, 1.82) is 0 Å². The Bertz CT molecular complexity index is 378. The molecule has 0 radical (unpaired) electrons. The van der Waals surface area contributed by atoms with Crippen molar-refractivity contribution >= 4 is 5.69 Å². The Morgan fingerprint density at radius 3 is 2.33 bits per heavy atom. The second-order valence-corrected chi connectivity index (χ2v) is 2.84. The molecule has 0 aliphatic heterocycles. The highest BCUT2D eigenvalue weighted by molar-refractivity contribution is 5.42. The molecule has 7 heteroatoms. The molecule has 0 aliphatic rings. The van der Waals surface area contributed by atoms with Gasteiger partial charge in [-0.15, -0.1) is 0 Å². The van der Waals surface area contributed by atoms with Crippen molar-refractivity contribution in [3.63, 3.8) is 0 Å². The third-order valence-electron chi connectivity index (χ3n) is 1.82. The molecule has 0 heterocycles. The topological polar surface area (TPSA) is 69.2 Å². The first-order valence-corrected chi connectivity index (χ1v) is 3.89. The average molecular weight is 220 g/mol. The van der Waals surface area contributed by atoms with Crippen molar-refractivity contribution in [3.05, 3.63) is 39.9 Å². The van der Waals surface area contributed by atoms with Gasteiger partial charge in [0.2, 0.25) is 0 Å². The number of rotatable bonds is 2. The zero-order valence-electron chi connectivity index (χ0n) is 7.36. The lowest BCUT2D eigenvalue weighted by molar-refractivity contribution is -0.386. The summed E-state index contributed by atoms with van der Waals surface area (Å²) in [6, 6.07) is 2.20. The lowest BCUT2D eigenvalue weighted by Crippen LogP contribution is -2.29. The van der Waals surface area contributed by atoms with Crippen LogP contribution >= 0.6 is 0 Å². The maximum atomic E-state index is 12.2. The minimum Gasteiger partial charge on any atom is -0.316 e. The molecule has 0 bridgehead atoms. The normalized spacial score (nSPS) is 13.6. The standard InChI is InChI=1S/C8H7F3N2O2/c9-8(10,11)7(12)5-3-1-2-4-6(5)13(14)15/h1-4,7H,12H2/t7-/m1/s1. The summed E-state index contributed by atoms with van der Waals surface area (Å²) >= 11 is 0. The maximum Gasteiger partial charge on any atom is 0.407 e. The third kappa shape index (κ3) is 2.44.